The van der Waals surface area contributed by atoms with Gasteiger partial charge in [-0.1, -0.05) is 0 Å². The van der Waals surface area contributed by atoms with E-state index in [4.69, 9.17) is 4.52 Å². The summed E-state index contributed by atoms with van der Waals surface area (Å²) >= 11 is 0. The lowest BCUT2D eigenvalue weighted by atomic mass is 9.98. The van der Waals surface area contributed by atoms with Crippen LogP contribution in [0.25, 0.3) is 11.2 Å². The summed E-state index contributed by atoms with van der Waals surface area (Å²) < 4.78 is 7.31. The van der Waals surface area contributed by atoms with Crippen LogP contribution in [0.15, 0.2) is 12.7 Å². The fraction of sp³-hybridized carbons (Fsp3) is 0.615. The van der Waals surface area contributed by atoms with Crippen molar-refractivity contribution in [1.82, 2.24) is 19.5 Å². The number of rotatable bonds is 4. The van der Waals surface area contributed by atoms with Crippen molar-refractivity contribution in [3.63, 3.8) is 0 Å². The molecular weight excluding hydrogens is 275 g/mol. The van der Waals surface area contributed by atoms with Gasteiger partial charge in [0, 0.05) is 22.1 Å². The van der Waals surface area contributed by atoms with Crippen LogP contribution in [-0.4, -0.2) is 37.8 Å². The van der Waals surface area contributed by atoms with E-state index in [2.05, 4.69) is 29.0 Å². The molecule has 0 aliphatic heterocycles. The Bertz CT molecular complexity index is 603. The molecule has 2 heterocycles. The molecule has 0 amide bonds. The third-order valence-corrected chi connectivity index (χ3v) is 4.49. The minimum Gasteiger partial charge on any atom is -0.396 e. The Hall–Kier alpha value is -1.10. The van der Waals surface area contributed by atoms with Gasteiger partial charge in [0.25, 0.3) is 0 Å². The summed E-state index contributed by atoms with van der Waals surface area (Å²) in [6.45, 7) is 2.81. The summed E-state index contributed by atoms with van der Waals surface area (Å²) in [5.41, 5.74) is 2.64. The molecule has 1 aliphatic rings. The highest BCUT2D eigenvalue weighted by molar-refractivity contribution is 7.09. The number of hydrogen-bond acceptors (Lipinski definition) is 5. The van der Waals surface area contributed by atoms with E-state index in [1.807, 2.05) is 13.3 Å². The van der Waals surface area contributed by atoms with Crippen molar-refractivity contribution in [1.29, 1.82) is 0 Å². The maximum Gasteiger partial charge on any atom is 0.163 e. The van der Waals surface area contributed by atoms with Crippen LogP contribution < -0.4 is 0 Å². The molecule has 20 heavy (non-hydrogen) atoms. The second-order valence-electron chi connectivity index (χ2n) is 5.44. The summed E-state index contributed by atoms with van der Waals surface area (Å²) in [5.74, 6) is 0.656. The van der Waals surface area contributed by atoms with Crippen molar-refractivity contribution in [2.45, 2.75) is 25.8 Å². The summed E-state index contributed by atoms with van der Waals surface area (Å²) in [6, 6.07) is 0.316. The van der Waals surface area contributed by atoms with Crippen LogP contribution in [0.5, 0.6) is 0 Å². The van der Waals surface area contributed by atoms with E-state index in [1.165, 1.54) is 0 Å². The highest BCUT2D eigenvalue weighted by Gasteiger charge is 2.35. The molecular formula is C13H19N4O2P. The maximum atomic E-state index is 9.52. The van der Waals surface area contributed by atoms with Crippen molar-refractivity contribution in [2.75, 3.05) is 13.2 Å². The Morgan fingerprint density at radius 2 is 2.15 bits per heavy atom. The molecule has 6 nitrogen and oxygen atoms in total. The van der Waals surface area contributed by atoms with Crippen LogP contribution >= 0.6 is 9.47 Å². The molecule has 4 unspecified atom stereocenters. The number of nitrogens with zero attached hydrogens (tertiary/aromatic N) is 4. The Balaban J connectivity index is 1.90. The van der Waals surface area contributed by atoms with Crippen molar-refractivity contribution in [2.24, 2.45) is 11.8 Å². The zero-order chi connectivity index (χ0) is 14.1. The van der Waals surface area contributed by atoms with E-state index < -0.39 is 0 Å². The zero-order valence-electron chi connectivity index (χ0n) is 11.4. The van der Waals surface area contributed by atoms with Crippen molar-refractivity contribution in [3.05, 3.63) is 18.3 Å². The normalized spacial score (nSPS) is 26.4. The number of aliphatic hydroxyl groups is 1. The Kier molecular flexibility index (Phi) is 3.96. The first kappa shape index (κ1) is 13.9. The largest absolute Gasteiger partial charge is 0.396 e. The SMILES string of the molecule is Cc1ncnc2c1ncn2C1CC(CO)C(COP)C1. The lowest BCUT2D eigenvalue weighted by Crippen LogP contribution is -2.15. The first-order valence-electron chi connectivity index (χ1n) is 6.81. The molecule has 0 aromatic carbocycles. The maximum absolute atomic E-state index is 9.52. The summed E-state index contributed by atoms with van der Waals surface area (Å²) in [5, 5.41) is 9.52. The lowest BCUT2D eigenvalue weighted by Gasteiger charge is -2.14. The minimum absolute atomic E-state index is 0.204. The predicted molar refractivity (Wildman–Crippen MR) is 78.1 cm³/mol. The van der Waals surface area contributed by atoms with Gasteiger partial charge in [0.05, 0.1) is 18.6 Å². The fourth-order valence-corrected chi connectivity index (χ4v) is 3.44. The van der Waals surface area contributed by atoms with Gasteiger partial charge in [0.15, 0.2) is 5.65 Å². The van der Waals surface area contributed by atoms with E-state index in [0.717, 1.165) is 29.7 Å². The summed E-state index contributed by atoms with van der Waals surface area (Å²) in [6.07, 6.45) is 5.34. The molecule has 0 bridgehead atoms. The highest BCUT2D eigenvalue weighted by atomic mass is 31.0. The average molecular weight is 294 g/mol. The lowest BCUT2D eigenvalue weighted by molar-refractivity contribution is 0.161. The predicted octanol–water partition coefficient (Wildman–Crippen LogP) is 1.50. The van der Waals surface area contributed by atoms with Crippen LogP contribution in [0.1, 0.15) is 24.6 Å². The van der Waals surface area contributed by atoms with Crippen LogP contribution in [0.2, 0.25) is 0 Å². The van der Waals surface area contributed by atoms with Crippen LogP contribution in [0, 0.1) is 18.8 Å². The molecule has 0 saturated heterocycles. The molecule has 0 spiro atoms. The van der Waals surface area contributed by atoms with Gasteiger partial charge in [-0.25, -0.2) is 15.0 Å². The Labute approximate surface area is 119 Å². The van der Waals surface area contributed by atoms with Gasteiger partial charge in [-0.05, 0) is 31.6 Å². The van der Waals surface area contributed by atoms with Crippen molar-refractivity contribution < 1.29 is 9.63 Å². The van der Waals surface area contributed by atoms with E-state index in [1.54, 1.807) is 6.33 Å². The number of aryl methyl sites for hydroxylation is 1. The van der Waals surface area contributed by atoms with Gasteiger partial charge in [0.1, 0.15) is 11.8 Å². The molecule has 108 valence electrons. The molecule has 0 radical (unpaired) electrons. The quantitative estimate of drug-likeness (QED) is 0.865. The van der Waals surface area contributed by atoms with E-state index in [-0.39, 0.29) is 12.5 Å². The Morgan fingerprint density at radius 3 is 2.90 bits per heavy atom. The van der Waals surface area contributed by atoms with Crippen molar-refractivity contribution in [3.8, 4) is 0 Å². The first-order chi connectivity index (χ1) is 9.74. The summed E-state index contributed by atoms with van der Waals surface area (Å²) in [4.78, 5) is 13.0. The molecule has 1 N–H and O–H groups in total. The highest BCUT2D eigenvalue weighted by Crippen LogP contribution is 2.40. The first-order valence-corrected chi connectivity index (χ1v) is 7.28. The monoisotopic (exact) mass is 294 g/mol. The average Bonchev–Trinajstić information content (AvgIpc) is 3.03. The molecule has 1 fully saturated rings. The van der Waals surface area contributed by atoms with E-state index >= 15 is 0 Å². The molecule has 3 rings (SSSR count). The van der Waals surface area contributed by atoms with Crippen LogP contribution in [0.3, 0.4) is 0 Å². The third-order valence-electron chi connectivity index (χ3n) is 4.30. The third kappa shape index (κ3) is 2.32. The molecule has 1 saturated carbocycles. The van der Waals surface area contributed by atoms with Gasteiger partial charge in [-0.2, -0.15) is 0 Å². The second kappa shape index (κ2) is 5.72. The van der Waals surface area contributed by atoms with E-state index in [0.29, 0.717) is 18.6 Å². The van der Waals surface area contributed by atoms with Gasteiger partial charge in [-0.15, -0.1) is 0 Å². The zero-order valence-corrected chi connectivity index (χ0v) is 12.6. The molecule has 4 atom stereocenters. The van der Waals surface area contributed by atoms with Crippen LogP contribution in [0.4, 0.5) is 0 Å². The fourth-order valence-electron chi connectivity index (χ4n) is 3.19. The molecule has 2 aromatic rings. The van der Waals surface area contributed by atoms with Gasteiger partial charge >= 0.3 is 0 Å². The standard InChI is InChI=1S/C13H19N4O2P/c1-8-12-13(15-6-14-8)17(7-16-12)11-2-9(4-18)10(3-11)5-19-20/h6-7,9-11,18H,2-5,20H2,1H3. The second-order valence-corrected chi connectivity index (χ2v) is 5.78. The summed E-state index contributed by atoms with van der Waals surface area (Å²) in [7, 11) is 2.29. The topological polar surface area (TPSA) is 73.1 Å². The number of aliphatic hydroxyl groups excluding tert-OH is 1. The smallest absolute Gasteiger partial charge is 0.163 e. The molecule has 2 aromatic heterocycles. The van der Waals surface area contributed by atoms with Gasteiger partial charge in [-0.3, -0.25) is 0 Å². The van der Waals surface area contributed by atoms with E-state index in [9.17, 15) is 5.11 Å². The van der Waals surface area contributed by atoms with Gasteiger partial charge < -0.3 is 14.2 Å². The number of hydrogen-bond donors (Lipinski definition) is 1. The Morgan fingerprint density at radius 1 is 1.35 bits per heavy atom. The van der Waals surface area contributed by atoms with Gasteiger partial charge in [0.2, 0.25) is 0 Å². The number of aromatic nitrogens is 4. The minimum atomic E-state index is 0.204. The number of imidazole rings is 1. The molecule has 7 heteroatoms. The number of fused-ring (bicyclic) bond motifs is 1. The van der Waals surface area contributed by atoms with Crippen molar-refractivity contribution >= 4 is 20.6 Å². The molecule has 1 aliphatic carbocycles. The van der Waals surface area contributed by atoms with Crippen LogP contribution in [-0.2, 0) is 4.52 Å².